The van der Waals surface area contributed by atoms with Gasteiger partial charge in [0.25, 0.3) is 0 Å². The molecule has 0 bridgehead atoms. The molecule has 0 aliphatic rings. The van der Waals surface area contributed by atoms with E-state index >= 15 is 0 Å². The molecule has 0 spiro atoms. The van der Waals surface area contributed by atoms with Crippen LogP contribution in [0.15, 0.2) is 40.9 Å². The Kier molecular flexibility index (Phi) is 4.96. The number of rotatable bonds is 4. The first kappa shape index (κ1) is 15.2. The van der Waals surface area contributed by atoms with E-state index in [1.165, 1.54) is 6.07 Å². The van der Waals surface area contributed by atoms with Crippen LogP contribution in [0.1, 0.15) is 11.1 Å². The predicted octanol–water partition coefficient (Wildman–Crippen LogP) is 4.45. The monoisotopic (exact) mass is 373 g/mol. The van der Waals surface area contributed by atoms with Gasteiger partial charge in [-0.3, -0.25) is 0 Å². The van der Waals surface area contributed by atoms with Gasteiger partial charge in [-0.25, -0.2) is 4.39 Å². The van der Waals surface area contributed by atoms with Crippen molar-refractivity contribution in [2.24, 2.45) is 5.73 Å². The van der Waals surface area contributed by atoms with Crippen molar-refractivity contribution in [2.45, 2.75) is 6.61 Å². The highest BCUT2D eigenvalue weighted by Crippen LogP contribution is 2.27. The van der Waals surface area contributed by atoms with Gasteiger partial charge in [-0.15, -0.1) is 0 Å². The molecule has 0 atom stereocenters. The van der Waals surface area contributed by atoms with E-state index in [1.54, 1.807) is 30.3 Å². The van der Waals surface area contributed by atoms with E-state index in [4.69, 9.17) is 34.3 Å². The van der Waals surface area contributed by atoms with Crippen molar-refractivity contribution >= 4 is 44.7 Å². The van der Waals surface area contributed by atoms with Gasteiger partial charge in [0.2, 0.25) is 0 Å². The van der Waals surface area contributed by atoms with Crippen molar-refractivity contribution in [1.29, 1.82) is 0 Å². The molecule has 6 heteroatoms. The summed E-state index contributed by atoms with van der Waals surface area (Å²) in [5.74, 6) is 0.186. The van der Waals surface area contributed by atoms with Crippen LogP contribution in [0.25, 0.3) is 0 Å². The van der Waals surface area contributed by atoms with Gasteiger partial charge in [-0.05, 0) is 45.8 Å². The molecule has 2 aromatic rings. The van der Waals surface area contributed by atoms with Crippen LogP contribution in [-0.2, 0) is 6.61 Å². The summed E-state index contributed by atoms with van der Waals surface area (Å²) < 4.78 is 19.2. The average molecular weight is 375 g/mol. The Bertz CT molecular complexity index is 666. The van der Waals surface area contributed by atoms with Gasteiger partial charge in [0.1, 0.15) is 23.2 Å². The molecule has 2 aromatic carbocycles. The van der Waals surface area contributed by atoms with Gasteiger partial charge >= 0.3 is 0 Å². The topological polar surface area (TPSA) is 35.2 Å². The lowest BCUT2D eigenvalue weighted by atomic mass is 10.2. The molecule has 20 heavy (non-hydrogen) atoms. The maximum absolute atomic E-state index is 13.1. The number of benzene rings is 2. The molecule has 104 valence electrons. The third-order valence-electron chi connectivity index (χ3n) is 2.60. The Morgan fingerprint density at radius 1 is 1.35 bits per heavy atom. The molecule has 0 fully saturated rings. The molecule has 2 rings (SSSR count). The zero-order valence-electron chi connectivity index (χ0n) is 10.2. The Hall–Kier alpha value is -1.17. The molecule has 0 aromatic heterocycles. The van der Waals surface area contributed by atoms with Crippen LogP contribution in [0.3, 0.4) is 0 Å². The zero-order valence-corrected chi connectivity index (χ0v) is 13.4. The Labute approximate surface area is 134 Å². The number of hydrogen-bond donors (Lipinski definition) is 1. The van der Waals surface area contributed by atoms with Crippen molar-refractivity contribution in [2.75, 3.05) is 0 Å². The SMILES string of the molecule is NC(=S)c1c(Cl)cccc1OCc1ccc(F)c(Br)c1. The molecule has 0 aliphatic heterocycles. The Balaban J connectivity index is 2.21. The smallest absolute Gasteiger partial charge is 0.137 e. The lowest BCUT2D eigenvalue weighted by molar-refractivity contribution is 0.305. The van der Waals surface area contributed by atoms with Crippen LogP contribution in [0.4, 0.5) is 4.39 Å². The number of hydrogen-bond acceptors (Lipinski definition) is 2. The maximum Gasteiger partial charge on any atom is 0.137 e. The Morgan fingerprint density at radius 2 is 2.10 bits per heavy atom. The van der Waals surface area contributed by atoms with Crippen molar-refractivity contribution < 1.29 is 9.13 Å². The standard InChI is InChI=1S/C14H10BrClFNOS/c15-9-6-8(4-5-11(9)17)7-19-12-3-1-2-10(16)13(12)14(18)20/h1-6H,7H2,(H2,18,20). The van der Waals surface area contributed by atoms with Gasteiger partial charge in [0.15, 0.2) is 0 Å². The first-order valence-electron chi connectivity index (χ1n) is 5.64. The second kappa shape index (κ2) is 6.52. The van der Waals surface area contributed by atoms with E-state index in [0.29, 0.717) is 20.8 Å². The van der Waals surface area contributed by atoms with Crippen molar-refractivity contribution in [1.82, 2.24) is 0 Å². The van der Waals surface area contributed by atoms with Crippen molar-refractivity contribution in [3.05, 3.63) is 62.8 Å². The first-order valence-corrected chi connectivity index (χ1v) is 7.22. The van der Waals surface area contributed by atoms with Gasteiger partial charge in [-0.2, -0.15) is 0 Å². The molecule has 0 aliphatic carbocycles. The van der Waals surface area contributed by atoms with Gasteiger partial charge in [0.05, 0.1) is 15.1 Å². The number of nitrogens with two attached hydrogens (primary N) is 1. The molecule has 0 radical (unpaired) electrons. The van der Waals surface area contributed by atoms with E-state index in [2.05, 4.69) is 15.9 Å². The highest BCUT2D eigenvalue weighted by molar-refractivity contribution is 9.10. The first-order chi connectivity index (χ1) is 9.49. The zero-order chi connectivity index (χ0) is 14.7. The second-order valence-electron chi connectivity index (χ2n) is 4.01. The summed E-state index contributed by atoms with van der Waals surface area (Å²) in [6.45, 7) is 0.259. The van der Waals surface area contributed by atoms with E-state index in [0.717, 1.165) is 5.56 Å². The minimum absolute atomic E-state index is 0.172. The minimum Gasteiger partial charge on any atom is -0.488 e. The third kappa shape index (κ3) is 3.48. The fraction of sp³-hybridized carbons (Fsp3) is 0.0714. The van der Waals surface area contributed by atoms with E-state index in [-0.39, 0.29) is 17.4 Å². The van der Waals surface area contributed by atoms with Crippen LogP contribution >= 0.6 is 39.7 Å². The van der Waals surface area contributed by atoms with Crippen LogP contribution in [0, 0.1) is 5.82 Å². The maximum atomic E-state index is 13.1. The molecule has 2 nitrogen and oxygen atoms in total. The molecular formula is C14H10BrClFNOS. The summed E-state index contributed by atoms with van der Waals surface area (Å²) in [7, 11) is 0. The molecule has 0 saturated carbocycles. The molecule has 0 amide bonds. The molecule has 0 saturated heterocycles. The fourth-order valence-corrected chi connectivity index (χ4v) is 2.61. The summed E-state index contributed by atoms with van der Waals surface area (Å²) in [5.41, 5.74) is 6.96. The van der Waals surface area contributed by atoms with E-state index in [9.17, 15) is 4.39 Å². The lowest BCUT2D eigenvalue weighted by Crippen LogP contribution is -2.12. The number of halogens is 3. The molecule has 0 unspecified atom stereocenters. The average Bonchev–Trinajstić information content (AvgIpc) is 2.39. The van der Waals surface area contributed by atoms with Crippen LogP contribution < -0.4 is 10.5 Å². The normalized spacial score (nSPS) is 10.3. The summed E-state index contributed by atoms with van der Waals surface area (Å²) in [6.07, 6.45) is 0. The van der Waals surface area contributed by atoms with E-state index < -0.39 is 0 Å². The molecule has 0 heterocycles. The summed E-state index contributed by atoms with van der Waals surface area (Å²) in [6, 6.07) is 9.84. The fourth-order valence-electron chi connectivity index (χ4n) is 1.65. The Morgan fingerprint density at radius 3 is 2.75 bits per heavy atom. The van der Waals surface area contributed by atoms with Gasteiger partial charge < -0.3 is 10.5 Å². The van der Waals surface area contributed by atoms with Gasteiger partial charge in [-0.1, -0.05) is 36.0 Å². The van der Waals surface area contributed by atoms with Gasteiger partial charge in [0, 0.05) is 0 Å². The minimum atomic E-state index is -0.319. The highest BCUT2D eigenvalue weighted by Gasteiger charge is 2.11. The third-order valence-corrected chi connectivity index (χ3v) is 3.73. The summed E-state index contributed by atoms with van der Waals surface area (Å²) >= 11 is 14.1. The second-order valence-corrected chi connectivity index (χ2v) is 5.72. The lowest BCUT2D eigenvalue weighted by Gasteiger charge is -2.12. The molecular weight excluding hydrogens is 365 g/mol. The van der Waals surface area contributed by atoms with Crippen LogP contribution in [0.5, 0.6) is 5.75 Å². The van der Waals surface area contributed by atoms with Crippen molar-refractivity contribution in [3.63, 3.8) is 0 Å². The number of ether oxygens (including phenoxy) is 1. The van der Waals surface area contributed by atoms with Crippen LogP contribution in [-0.4, -0.2) is 4.99 Å². The van der Waals surface area contributed by atoms with Crippen molar-refractivity contribution in [3.8, 4) is 5.75 Å². The summed E-state index contributed by atoms with van der Waals surface area (Å²) in [4.78, 5) is 0.172. The van der Waals surface area contributed by atoms with E-state index in [1.807, 2.05) is 0 Å². The largest absolute Gasteiger partial charge is 0.488 e. The van der Waals surface area contributed by atoms with Crippen LogP contribution in [0.2, 0.25) is 5.02 Å². The quantitative estimate of drug-likeness (QED) is 0.803. The number of thiocarbonyl (C=S) groups is 1. The highest BCUT2D eigenvalue weighted by atomic mass is 79.9. The molecule has 2 N–H and O–H groups in total. The predicted molar refractivity (Wildman–Crippen MR) is 85.8 cm³/mol. The summed E-state index contributed by atoms with van der Waals surface area (Å²) in [5, 5.41) is 0.440.